The zero-order valence-corrected chi connectivity index (χ0v) is 19.2. The average molecular weight is 467 g/mol. The van der Waals surface area contributed by atoms with Gasteiger partial charge in [0.25, 0.3) is 5.91 Å². The van der Waals surface area contributed by atoms with Crippen LogP contribution in [0.3, 0.4) is 0 Å². The van der Waals surface area contributed by atoms with Gasteiger partial charge in [-0.2, -0.15) is 5.10 Å². The Kier molecular flexibility index (Phi) is 4.80. The molecule has 10 heteroatoms. The van der Waals surface area contributed by atoms with Crippen molar-refractivity contribution < 1.29 is 9.59 Å². The quantitative estimate of drug-likeness (QED) is 0.362. The molecular weight excluding hydrogens is 444 g/mol. The first kappa shape index (κ1) is 21.0. The van der Waals surface area contributed by atoms with Crippen LogP contribution in [0, 0.1) is 5.92 Å². The highest BCUT2D eigenvalue weighted by atomic mass is 16.2. The van der Waals surface area contributed by atoms with Crippen molar-refractivity contribution in [3.63, 3.8) is 0 Å². The first-order chi connectivity index (χ1) is 17.0. The van der Waals surface area contributed by atoms with Gasteiger partial charge in [-0.05, 0) is 37.1 Å². The number of amides is 2. The number of para-hydroxylation sites is 1. The van der Waals surface area contributed by atoms with Gasteiger partial charge in [0.1, 0.15) is 11.2 Å². The van der Waals surface area contributed by atoms with E-state index < -0.39 is 0 Å². The van der Waals surface area contributed by atoms with Crippen molar-refractivity contribution in [2.45, 2.75) is 12.8 Å². The first-order valence-electron chi connectivity index (χ1n) is 11.3. The predicted octanol–water partition coefficient (Wildman–Crippen LogP) is 3.61. The summed E-state index contributed by atoms with van der Waals surface area (Å²) in [4.78, 5) is 43.1. The molecule has 1 aromatic carbocycles. The number of pyridine rings is 2. The second kappa shape index (κ2) is 8.01. The van der Waals surface area contributed by atoms with Crippen LogP contribution in [0.15, 0.2) is 48.9 Å². The van der Waals surface area contributed by atoms with Gasteiger partial charge >= 0.3 is 0 Å². The van der Waals surface area contributed by atoms with Gasteiger partial charge in [-0.25, -0.2) is 9.97 Å². The van der Waals surface area contributed by atoms with E-state index in [0.717, 1.165) is 34.9 Å². The number of hydrogen-bond donors (Lipinski definition) is 3. The standard InChI is InChI=1S/C25H22N8O2/c1-33(2)25(35)17-4-3-5-19-20(17)30-23(29-19)21-18-9-15(11-27-22(18)32-31-21)14-8-16(12-26-10-14)28-24(34)13-6-7-13/h3-5,8-13H,6-7H2,1-2H3,(H,28,34)(H,29,30)(H,27,31,32). The lowest BCUT2D eigenvalue weighted by molar-refractivity contribution is -0.117. The van der Waals surface area contributed by atoms with Crippen LogP contribution < -0.4 is 5.32 Å². The number of carbonyl (C=O) groups is 2. The maximum absolute atomic E-state index is 12.6. The normalized spacial score (nSPS) is 13.3. The van der Waals surface area contributed by atoms with Crippen LogP contribution in [0.5, 0.6) is 0 Å². The molecule has 174 valence electrons. The van der Waals surface area contributed by atoms with Crippen LogP contribution in [0.2, 0.25) is 0 Å². The molecule has 1 aliphatic carbocycles. The van der Waals surface area contributed by atoms with Gasteiger partial charge in [-0.1, -0.05) is 6.07 Å². The lowest BCUT2D eigenvalue weighted by Gasteiger charge is -2.09. The topological polar surface area (TPSA) is 133 Å². The number of carbonyl (C=O) groups excluding carboxylic acids is 2. The molecule has 4 aromatic heterocycles. The van der Waals surface area contributed by atoms with Crippen molar-refractivity contribution in [2.24, 2.45) is 5.92 Å². The minimum atomic E-state index is -0.120. The fourth-order valence-electron chi connectivity index (χ4n) is 4.06. The highest BCUT2D eigenvalue weighted by molar-refractivity contribution is 6.05. The lowest BCUT2D eigenvalue weighted by atomic mass is 10.1. The lowest BCUT2D eigenvalue weighted by Crippen LogP contribution is -2.21. The van der Waals surface area contributed by atoms with E-state index in [9.17, 15) is 9.59 Å². The number of imidazole rings is 1. The van der Waals surface area contributed by atoms with Gasteiger partial charge in [0.05, 0.1) is 28.4 Å². The van der Waals surface area contributed by atoms with E-state index >= 15 is 0 Å². The highest BCUT2D eigenvalue weighted by Crippen LogP contribution is 2.32. The fourth-order valence-corrected chi connectivity index (χ4v) is 4.06. The van der Waals surface area contributed by atoms with Gasteiger partial charge in [0, 0.05) is 43.5 Å². The molecule has 3 N–H and O–H groups in total. The number of rotatable bonds is 5. The van der Waals surface area contributed by atoms with Gasteiger partial charge < -0.3 is 15.2 Å². The van der Waals surface area contributed by atoms with Gasteiger partial charge in [0.2, 0.25) is 5.91 Å². The molecule has 1 aliphatic rings. The molecule has 2 amide bonds. The summed E-state index contributed by atoms with van der Waals surface area (Å²) in [5.41, 5.74) is 5.37. The van der Waals surface area contributed by atoms with Crippen LogP contribution >= 0.6 is 0 Å². The van der Waals surface area contributed by atoms with Gasteiger partial charge in [-0.15, -0.1) is 0 Å². The maximum Gasteiger partial charge on any atom is 0.255 e. The molecule has 6 rings (SSSR count). The van der Waals surface area contributed by atoms with E-state index in [1.54, 1.807) is 38.8 Å². The number of anilines is 1. The van der Waals surface area contributed by atoms with Crippen LogP contribution in [0.1, 0.15) is 23.2 Å². The van der Waals surface area contributed by atoms with E-state index in [1.807, 2.05) is 24.3 Å². The summed E-state index contributed by atoms with van der Waals surface area (Å²) >= 11 is 0. The predicted molar refractivity (Wildman–Crippen MR) is 132 cm³/mol. The Labute approximate surface area is 199 Å². The summed E-state index contributed by atoms with van der Waals surface area (Å²) in [6.07, 6.45) is 6.99. The molecule has 10 nitrogen and oxygen atoms in total. The summed E-state index contributed by atoms with van der Waals surface area (Å²) in [5, 5.41) is 11.1. The number of nitrogens with zero attached hydrogens (tertiary/aromatic N) is 5. The zero-order chi connectivity index (χ0) is 24.1. The summed E-state index contributed by atoms with van der Waals surface area (Å²) in [6.45, 7) is 0. The number of aromatic amines is 2. The van der Waals surface area contributed by atoms with E-state index in [2.05, 4.69) is 30.5 Å². The van der Waals surface area contributed by atoms with Crippen molar-refractivity contribution >= 4 is 39.6 Å². The Bertz CT molecular complexity index is 1610. The second-order valence-electron chi connectivity index (χ2n) is 8.90. The molecule has 5 aromatic rings. The Morgan fingerprint density at radius 1 is 1.09 bits per heavy atom. The van der Waals surface area contributed by atoms with Crippen LogP contribution in [-0.4, -0.2) is 60.9 Å². The van der Waals surface area contributed by atoms with Crippen molar-refractivity contribution in [1.82, 2.24) is 35.0 Å². The Morgan fingerprint density at radius 2 is 1.91 bits per heavy atom. The van der Waals surface area contributed by atoms with Crippen molar-refractivity contribution in [3.05, 3.63) is 54.5 Å². The van der Waals surface area contributed by atoms with E-state index in [-0.39, 0.29) is 17.7 Å². The molecule has 0 radical (unpaired) electrons. The molecule has 0 bridgehead atoms. The number of nitrogens with one attached hydrogen (secondary N) is 3. The highest BCUT2D eigenvalue weighted by Gasteiger charge is 2.29. The Balaban J connectivity index is 1.39. The molecule has 0 saturated heterocycles. The molecular formula is C25H22N8O2. The minimum Gasteiger partial charge on any atom is -0.345 e. The van der Waals surface area contributed by atoms with Crippen molar-refractivity contribution in [1.29, 1.82) is 0 Å². The van der Waals surface area contributed by atoms with Gasteiger partial charge in [0.15, 0.2) is 11.5 Å². The zero-order valence-electron chi connectivity index (χ0n) is 19.2. The molecule has 1 saturated carbocycles. The third kappa shape index (κ3) is 3.78. The molecule has 0 aliphatic heterocycles. The van der Waals surface area contributed by atoms with Gasteiger partial charge in [-0.3, -0.25) is 19.7 Å². The summed E-state index contributed by atoms with van der Waals surface area (Å²) in [5.74, 6) is 0.563. The van der Waals surface area contributed by atoms with E-state index in [1.165, 1.54) is 4.90 Å². The summed E-state index contributed by atoms with van der Waals surface area (Å²) < 4.78 is 0. The summed E-state index contributed by atoms with van der Waals surface area (Å²) in [6, 6.07) is 9.31. The SMILES string of the molecule is CN(C)C(=O)c1cccc2[nH]c(-c3n[nH]c4ncc(-c5cncc(NC(=O)C6CC6)c5)cc34)nc12. The number of fused-ring (bicyclic) bond motifs is 2. The summed E-state index contributed by atoms with van der Waals surface area (Å²) in [7, 11) is 3.43. The monoisotopic (exact) mass is 466 g/mol. The first-order valence-corrected chi connectivity index (χ1v) is 11.3. The van der Waals surface area contributed by atoms with E-state index in [4.69, 9.17) is 4.98 Å². The van der Waals surface area contributed by atoms with Crippen molar-refractivity contribution in [2.75, 3.05) is 19.4 Å². The van der Waals surface area contributed by atoms with Crippen LogP contribution in [0.4, 0.5) is 5.69 Å². The van der Waals surface area contributed by atoms with Crippen LogP contribution in [-0.2, 0) is 4.79 Å². The fraction of sp³-hybridized carbons (Fsp3) is 0.200. The molecule has 0 spiro atoms. The number of H-pyrrole nitrogens is 2. The average Bonchev–Trinajstić information content (AvgIpc) is 3.49. The van der Waals surface area contributed by atoms with E-state index in [0.29, 0.717) is 33.9 Å². The minimum absolute atomic E-state index is 0.0339. The molecule has 35 heavy (non-hydrogen) atoms. The third-order valence-corrected chi connectivity index (χ3v) is 6.08. The third-order valence-electron chi connectivity index (χ3n) is 6.08. The number of aromatic nitrogens is 6. The maximum atomic E-state index is 12.6. The van der Waals surface area contributed by atoms with Crippen molar-refractivity contribution in [3.8, 4) is 22.6 Å². The molecule has 0 unspecified atom stereocenters. The molecule has 1 fully saturated rings. The molecule has 4 heterocycles. The second-order valence-corrected chi connectivity index (χ2v) is 8.90. The smallest absolute Gasteiger partial charge is 0.255 e. The number of benzene rings is 1. The molecule has 0 atom stereocenters. The van der Waals surface area contributed by atoms with Crippen LogP contribution in [0.25, 0.3) is 44.7 Å². The number of hydrogen-bond acceptors (Lipinski definition) is 6. The Hall–Kier alpha value is -4.60. The Morgan fingerprint density at radius 3 is 2.71 bits per heavy atom. The largest absolute Gasteiger partial charge is 0.345 e.